The van der Waals surface area contributed by atoms with Crippen molar-refractivity contribution in [2.75, 3.05) is 12.4 Å². The Bertz CT molecular complexity index is 1350. The summed E-state index contributed by atoms with van der Waals surface area (Å²) in [4.78, 5) is 9.19. The fraction of sp³-hybridized carbons (Fsp3) is 0.269. The van der Waals surface area contributed by atoms with Gasteiger partial charge in [0.2, 0.25) is 0 Å². The standard InChI is InChI=1S/C26H25N5O/c1-16(2)23-6-7-31-25(29-21-9-18-4-5-22(32-3)11-19(18)10-21)12-24(30-26(23)31)20-8-17(13-27)14-28-15-20/h4-8,11-12,14-16,21,29H,9-10H2,1-3H3. The van der Waals surface area contributed by atoms with Crippen LogP contribution in [0.3, 0.4) is 0 Å². The van der Waals surface area contributed by atoms with Crippen molar-refractivity contribution in [3.8, 4) is 23.1 Å². The highest BCUT2D eigenvalue weighted by molar-refractivity contribution is 5.69. The first-order valence-electron chi connectivity index (χ1n) is 10.9. The van der Waals surface area contributed by atoms with E-state index in [9.17, 15) is 5.26 Å². The van der Waals surface area contributed by atoms with Gasteiger partial charge in [0.1, 0.15) is 23.3 Å². The third kappa shape index (κ3) is 3.56. The predicted molar refractivity (Wildman–Crippen MR) is 125 cm³/mol. The van der Waals surface area contributed by atoms with Crippen molar-refractivity contribution in [2.45, 2.75) is 38.6 Å². The molecule has 4 aromatic rings. The number of aromatic nitrogens is 3. The van der Waals surface area contributed by atoms with Crippen LogP contribution in [-0.2, 0) is 12.8 Å². The Balaban J connectivity index is 1.55. The number of fused-ring (bicyclic) bond motifs is 2. The van der Waals surface area contributed by atoms with E-state index in [-0.39, 0.29) is 6.04 Å². The van der Waals surface area contributed by atoms with Crippen LogP contribution in [-0.4, -0.2) is 27.5 Å². The number of ether oxygens (including phenoxy) is 1. The van der Waals surface area contributed by atoms with Crippen molar-refractivity contribution in [3.05, 3.63) is 77.2 Å². The van der Waals surface area contributed by atoms with E-state index < -0.39 is 0 Å². The van der Waals surface area contributed by atoms with Crippen molar-refractivity contribution in [1.29, 1.82) is 5.26 Å². The molecule has 1 unspecified atom stereocenters. The van der Waals surface area contributed by atoms with Crippen LogP contribution in [0.15, 0.2) is 55.0 Å². The molecule has 1 aliphatic rings. The lowest BCUT2D eigenvalue weighted by Crippen LogP contribution is -2.21. The first kappa shape index (κ1) is 20.1. The fourth-order valence-corrected chi connectivity index (χ4v) is 4.48. The lowest BCUT2D eigenvalue weighted by Gasteiger charge is -2.17. The van der Waals surface area contributed by atoms with Crippen LogP contribution < -0.4 is 10.1 Å². The third-order valence-corrected chi connectivity index (χ3v) is 6.13. The van der Waals surface area contributed by atoms with E-state index in [2.05, 4.69) is 65.1 Å². The van der Waals surface area contributed by atoms with Crippen molar-refractivity contribution in [2.24, 2.45) is 0 Å². The Hall–Kier alpha value is -3.85. The molecule has 0 bridgehead atoms. The summed E-state index contributed by atoms with van der Waals surface area (Å²) in [6.07, 6.45) is 7.32. The van der Waals surface area contributed by atoms with Gasteiger partial charge in [0.15, 0.2) is 0 Å². The largest absolute Gasteiger partial charge is 0.497 e. The summed E-state index contributed by atoms with van der Waals surface area (Å²) >= 11 is 0. The third-order valence-electron chi connectivity index (χ3n) is 6.13. The van der Waals surface area contributed by atoms with Gasteiger partial charge in [-0.05, 0) is 59.7 Å². The average molecular weight is 424 g/mol. The minimum Gasteiger partial charge on any atom is -0.497 e. The number of rotatable bonds is 5. The summed E-state index contributed by atoms with van der Waals surface area (Å²) in [5.74, 6) is 2.24. The van der Waals surface area contributed by atoms with Gasteiger partial charge in [-0.2, -0.15) is 5.26 Å². The van der Waals surface area contributed by atoms with Gasteiger partial charge in [0.25, 0.3) is 0 Å². The molecule has 1 atom stereocenters. The topological polar surface area (TPSA) is 75.2 Å². The van der Waals surface area contributed by atoms with Crippen molar-refractivity contribution < 1.29 is 4.74 Å². The molecular formula is C26H25N5O. The van der Waals surface area contributed by atoms with Gasteiger partial charge in [-0.1, -0.05) is 19.9 Å². The van der Waals surface area contributed by atoms with Crippen LogP contribution in [0.5, 0.6) is 5.75 Å². The molecule has 1 aliphatic carbocycles. The molecule has 3 aromatic heterocycles. The predicted octanol–water partition coefficient (Wildman–Crippen LogP) is 4.98. The molecule has 0 amide bonds. The molecule has 0 fully saturated rings. The second kappa shape index (κ2) is 8.01. The van der Waals surface area contributed by atoms with Crippen LogP contribution in [0.2, 0.25) is 0 Å². The summed E-state index contributed by atoms with van der Waals surface area (Å²) in [5, 5.41) is 13.1. The second-order valence-electron chi connectivity index (χ2n) is 8.60. The zero-order chi connectivity index (χ0) is 22.2. The van der Waals surface area contributed by atoms with Gasteiger partial charge < -0.3 is 10.1 Å². The van der Waals surface area contributed by atoms with Crippen LogP contribution in [0.4, 0.5) is 5.82 Å². The molecular weight excluding hydrogens is 398 g/mol. The Morgan fingerprint density at radius 3 is 2.75 bits per heavy atom. The zero-order valence-corrected chi connectivity index (χ0v) is 18.5. The minimum atomic E-state index is 0.282. The molecule has 0 radical (unpaired) electrons. The van der Waals surface area contributed by atoms with Gasteiger partial charge in [-0.15, -0.1) is 0 Å². The number of nitrogens with one attached hydrogen (secondary N) is 1. The highest BCUT2D eigenvalue weighted by atomic mass is 16.5. The average Bonchev–Trinajstić information content (AvgIpc) is 3.42. The smallest absolute Gasteiger partial charge is 0.142 e. The number of nitrogens with zero attached hydrogens (tertiary/aromatic N) is 4. The summed E-state index contributed by atoms with van der Waals surface area (Å²) in [6, 6.07) is 14.8. The van der Waals surface area contributed by atoms with Crippen LogP contribution >= 0.6 is 0 Å². The molecule has 32 heavy (non-hydrogen) atoms. The Kier molecular flexibility index (Phi) is 5.02. The number of anilines is 1. The number of methoxy groups -OCH3 is 1. The van der Waals surface area contributed by atoms with E-state index in [0.717, 1.165) is 41.3 Å². The molecule has 0 saturated heterocycles. The lowest BCUT2D eigenvalue weighted by molar-refractivity contribution is 0.414. The quantitative estimate of drug-likeness (QED) is 0.490. The molecule has 6 nitrogen and oxygen atoms in total. The maximum Gasteiger partial charge on any atom is 0.142 e. The lowest BCUT2D eigenvalue weighted by atomic mass is 10.1. The number of pyridine rings is 1. The number of nitriles is 1. The zero-order valence-electron chi connectivity index (χ0n) is 18.5. The highest BCUT2D eigenvalue weighted by Crippen LogP contribution is 2.31. The van der Waals surface area contributed by atoms with Gasteiger partial charge >= 0.3 is 0 Å². The van der Waals surface area contributed by atoms with E-state index in [1.807, 2.05) is 12.1 Å². The molecule has 0 saturated carbocycles. The Morgan fingerprint density at radius 1 is 1.12 bits per heavy atom. The van der Waals surface area contributed by atoms with Crippen molar-refractivity contribution >= 4 is 11.5 Å². The van der Waals surface area contributed by atoms with Gasteiger partial charge in [0.05, 0.1) is 18.4 Å². The van der Waals surface area contributed by atoms with E-state index in [4.69, 9.17) is 9.72 Å². The van der Waals surface area contributed by atoms with E-state index in [0.29, 0.717) is 11.5 Å². The first-order valence-corrected chi connectivity index (χ1v) is 10.9. The SMILES string of the molecule is COc1ccc2c(c1)CC(Nc1cc(-c3cncc(C#N)c3)nc3c(C(C)C)ccn13)C2. The number of hydrogen-bond donors (Lipinski definition) is 1. The normalized spacial score (nSPS) is 15.0. The maximum atomic E-state index is 9.30. The molecule has 1 N–H and O–H groups in total. The van der Waals surface area contributed by atoms with Crippen molar-refractivity contribution in [1.82, 2.24) is 14.4 Å². The monoisotopic (exact) mass is 423 g/mol. The fourth-order valence-electron chi connectivity index (χ4n) is 4.48. The summed E-state index contributed by atoms with van der Waals surface area (Å²) in [5.41, 5.74) is 6.98. The Morgan fingerprint density at radius 2 is 1.97 bits per heavy atom. The maximum absolute atomic E-state index is 9.30. The highest BCUT2D eigenvalue weighted by Gasteiger charge is 2.23. The van der Waals surface area contributed by atoms with Gasteiger partial charge in [-0.3, -0.25) is 9.38 Å². The van der Waals surface area contributed by atoms with Crippen molar-refractivity contribution in [3.63, 3.8) is 0 Å². The summed E-state index contributed by atoms with van der Waals surface area (Å²) in [6.45, 7) is 4.35. The first-order chi connectivity index (χ1) is 15.6. The summed E-state index contributed by atoms with van der Waals surface area (Å²) < 4.78 is 7.53. The number of benzene rings is 1. The molecule has 6 heteroatoms. The molecule has 0 spiro atoms. The molecule has 160 valence electrons. The van der Waals surface area contributed by atoms with Crippen LogP contribution in [0.25, 0.3) is 16.9 Å². The minimum absolute atomic E-state index is 0.282. The molecule has 3 heterocycles. The van der Waals surface area contributed by atoms with Crippen LogP contribution in [0.1, 0.15) is 42.0 Å². The van der Waals surface area contributed by atoms with E-state index in [1.54, 1.807) is 19.5 Å². The summed E-state index contributed by atoms with van der Waals surface area (Å²) in [7, 11) is 1.70. The second-order valence-corrected chi connectivity index (χ2v) is 8.60. The van der Waals surface area contributed by atoms with Gasteiger partial charge in [0, 0.05) is 36.3 Å². The molecule has 0 aliphatic heterocycles. The van der Waals surface area contributed by atoms with E-state index >= 15 is 0 Å². The van der Waals surface area contributed by atoms with Gasteiger partial charge in [-0.25, -0.2) is 4.98 Å². The van der Waals surface area contributed by atoms with Crippen LogP contribution in [0, 0.1) is 11.3 Å². The number of hydrogen-bond acceptors (Lipinski definition) is 5. The molecule has 1 aromatic carbocycles. The Labute approximate surface area is 187 Å². The van der Waals surface area contributed by atoms with E-state index in [1.165, 1.54) is 16.7 Å². The molecule has 5 rings (SSSR count).